The predicted octanol–water partition coefficient (Wildman–Crippen LogP) is 3.82. The summed E-state index contributed by atoms with van der Waals surface area (Å²) in [6.07, 6.45) is 0.329. The molecule has 0 saturated carbocycles. The first kappa shape index (κ1) is 17.0. The van der Waals surface area contributed by atoms with E-state index in [4.69, 9.17) is 4.74 Å². The van der Waals surface area contributed by atoms with Crippen LogP contribution in [-0.4, -0.2) is 24.0 Å². The van der Waals surface area contributed by atoms with Crippen molar-refractivity contribution >= 4 is 5.91 Å². The van der Waals surface area contributed by atoms with E-state index in [-0.39, 0.29) is 11.7 Å². The van der Waals surface area contributed by atoms with Crippen molar-refractivity contribution < 1.29 is 13.9 Å². The third-order valence-corrected chi connectivity index (χ3v) is 3.59. The molecule has 0 aromatic heterocycles. The van der Waals surface area contributed by atoms with Gasteiger partial charge in [0.25, 0.3) is 0 Å². The maximum atomic E-state index is 13.3. The minimum absolute atomic E-state index is 0.0286. The molecule has 2 rings (SSSR count). The second-order valence-electron chi connectivity index (χ2n) is 5.29. The van der Waals surface area contributed by atoms with E-state index in [1.807, 2.05) is 44.2 Å². The van der Waals surface area contributed by atoms with Crippen molar-refractivity contribution in [3.05, 3.63) is 65.5 Å². The smallest absolute Gasteiger partial charge is 0.227 e. The molecule has 3 nitrogen and oxygen atoms in total. The first-order chi connectivity index (χ1) is 11.1. The summed E-state index contributed by atoms with van der Waals surface area (Å²) in [7, 11) is 0. The lowest BCUT2D eigenvalue weighted by atomic mass is 10.1. The molecule has 4 heteroatoms. The van der Waals surface area contributed by atoms with E-state index in [1.54, 1.807) is 11.0 Å². The summed E-state index contributed by atoms with van der Waals surface area (Å²) in [5.74, 6) is 0.550. The molecule has 1 amide bonds. The highest BCUT2D eigenvalue weighted by molar-refractivity contribution is 5.78. The highest BCUT2D eigenvalue weighted by atomic mass is 19.1. The van der Waals surface area contributed by atoms with E-state index >= 15 is 0 Å². The number of halogens is 1. The molecule has 0 aliphatic carbocycles. The summed E-state index contributed by atoms with van der Waals surface area (Å²) >= 11 is 0. The predicted molar refractivity (Wildman–Crippen MR) is 88.8 cm³/mol. The van der Waals surface area contributed by atoms with Gasteiger partial charge in [-0.2, -0.15) is 0 Å². The molecule has 122 valence electrons. The second-order valence-corrected chi connectivity index (χ2v) is 5.29. The fourth-order valence-electron chi connectivity index (χ4n) is 2.39. The van der Waals surface area contributed by atoms with E-state index < -0.39 is 0 Å². The fraction of sp³-hybridized carbons (Fsp3) is 0.316. The Morgan fingerprint density at radius 3 is 2.43 bits per heavy atom. The van der Waals surface area contributed by atoms with Crippen molar-refractivity contribution in [1.82, 2.24) is 4.90 Å². The van der Waals surface area contributed by atoms with Gasteiger partial charge in [0.15, 0.2) is 0 Å². The third-order valence-electron chi connectivity index (χ3n) is 3.59. The number of benzene rings is 2. The van der Waals surface area contributed by atoms with Gasteiger partial charge < -0.3 is 9.64 Å². The van der Waals surface area contributed by atoms with Gasteiger partial charge in [-0.3, -0.25) is 4.79 Å². The second kappa shape index (κ2) is 8.32. The van der Waals surface area contributed by atoms with Gasteiger partial charge in [0.2, 0.25) is 5.91 Å². The van der Waals surface area contributed by atoms with E-state index in [1.165, 1.54) is 12.1 Å². The van der Waals surface area contributed by atoms with E-state index in [9.17, 15) is 9.18 Å². The summed E-state index contributed by atoms with van der Waals surface area (Å²) in [5, 5.41) is 0. The molecule has 2 aromatic rings. The lowest BCUT2D eigenvalue weighted by Crippen LogP contribution is -2.31. The number of ether oxygens (including phenoxy) is 1. The van der Waals surface area contributed by atoms with Crippen LogP contribution in [0.5, 0.6) is 5.75 Å². The monoisotopic (exact) mass is 315 g/mol. The largest absolute Gasteiger partial charge is 0.494 e. The van der Waals surface area contributed by atoms with Crippen molar-refractivity contribution in [2.24, 2.45) is 0 Å². The van der Waals surface area contributed by atoms with Gasteiger partial charge in [0, 0.05) is 13.1 Å². The molecular formula is C19H22FNO2. The van der Waals surface area contributed by atoms with Gasteiger partial charge in [-0.25, -0.2) is 4.39 Å². The van der Waals surface area contributed by atoms with Crippen LogP contribution in [0.4, 0.5) is 4.39 Å². The Labute approximate surface area is 136 Å². The molecule has 23 heavy (non-hydrogen) atoms. The van der Waals surface area contributed by atoms with E-state index in [0.717, 1.165) is 16.9 Å². The molecule has 0 aliphatic rings. The van der Waals surface area contributed by atoms with Gasteiger partial charge in [-0.05, 0) is 49.2 Å². The van der Waals surface area contributed by atoms with Crippen molar-refractivity contribution in [1.29, 1.82) is 0 Å². The van der Waals surface area contributed by atoms with Crippen LogP contribution >= 0.6 is 0 Å². The molecule has 0 radical (unpaired) electrons. The first-order valence-corrected chi connectivity index (χ1v) is 7.86. The van der Waals surface area contributed by atoms with Crippen LogP contribution in [0.2, 0.25) is 0 Å². The summed E-state index contributed by atoms with van der Waals surface area (Å²) in [6.45, 7) is 5.49. The summed E-state index contributed by atoms with van der Waals surface area (Å²) < 4.78 is 18.6. The van der Waals surface area contributed by atoms with Crippen LogP contribution in [0.1, 0.15) is 25.0 Å². The Balaban J connectivity index is 1.99. The maximum absolute atomic E-state index is 13.3. The third kappa shape index (κ3) is 5.09. The van der Waals surface area contributed by atoms with Crippen LogP contribution in [0.15, 0.2) is 48.5 Å². The van der Waals surface area contributed by atoms with Gasteiger partial charge >= 0.3 is 0 Å². The number of hydrogen-bond acceptors (Lipinski definition) is 2. The van der Waals surface area contributed by atoms with Gasteiger partial charge in [0.1, 0.15) is 11.6 Å². The highest BCUT2D eigenvalue weighted by Gasteiger charge is 2.13. The quantitative estimate of drug-likeness (QED) is 0.777. The molecule has 0 N–H and O–H groups in total. The Bertz CT molecular complexity index is 640. The summed E-state index contributed by atoms with van der Waals surface area (Å²) in [5.41, 5.74) is 1.74. The fourth-order valence-corrected chi connectivity index (χ4v) is 2.39. The zero-order valence-electron chi connectivity index (χ0n) is 13.6. The van der Waals surface area contributed by atoms with Crippen LogP contribution in [0.3, 0.4) is 0 Å². The van der Waals surface area contributed by atoms with Gasteiger partial charge in [0.05, 0.1) is 13.0 Å². The summed E-state index contributed by atoms with van der Waals surface area (Å²) in [4.78, 5) is 14.2. The maximum Gasteiger partial charge on any atom is 0.227 e. The van der Waals surface area contributed by atoms with Crippen molar-refractivity contribution in [3.8, 4) is 5.75 Å². The van der Waals surface area contributed by atoms with Crippen molar-refractivity contribution in [2.45, 2.75) is 26.8 Å². The Morgan fingerprint density at radius 2 is 1.83 bits per heavy atom. The van der Waals surface area contributed by atoms with Gasteiger partial charge in [-0.1, -0.05) is 24.3 Å². The molecule has 0 unspecified atom stereocenters. The average molecular weight is 315 g/mol. The van der Waals surface area contributed by atoms with Crippen molar-refractivity contribution in [2.75, 3.05) is 13.2 Å². The number of carbonyl (C=O) groups excluding carboxylic acids is 1. The number of hydrogen-bond donors (Lipinski definition) is 0. The number of amides is 1. The lowest BCUT2D eigenvalue weighted by molar-refractivity contribution is -0.130. The Morgan fingerprint density at radius 1 is 1.09 bits per heavy atom. The molecule has 0 saturated heterocycles. The SMILES string of the molecule is CCOc1ccc(CC(=O)N(CC)Cc2cccc(F)c2)cc1. The van der Waals surface area contributed by atoms with Crippen LogP contribution < -0.4 is 4.74 Å². The number of nitrogens with zero attached hydrogens (tertiary/aromatic N) is 1. The number of carbonyl (C=O) groups is 1. The molecule has 0 heterocycles. The lowest BCUT2D eigenvalue weighted by Gasteiger charge is -2.21. The summed E-state index contributed by atoms with van der Waals surface area (Å²) in [6, 6.07) is 13.9. The average Bonchev–Trinajstić information content (AvgIpc) is 2.54. The van der Waals surface area contributed by atoms with Crippen molar-refractivity contribution in [3.63, 3.8) is 0 Å². The topological polar surface area (TPSA) is 29.5 Å². The van der Waals surface area contributed by atoms with Gasteiger partial charge in [-0.15, -0.1) is 0 Å². The minimum Gasteiger partial charge on any atom is -0.494 e. The normalized spacial score (nSPS) is 10.4. The first-order valence-electron chi connectivity index (χ1n) is 7.86. The van der Waals surface area contributed by atoms with Crippen LogP contribution in [-0.2, 0) is 17.8 Å². The minimum atomic E-state index is -0.280. The molecule has 0 spiro atoms. The van der Waals surface area contributed by atoms with E-state index in [2.05, 4.69) is 0 Å². The zero-order chi connectivity index (χ0) is 16.7. The molecular weight excluding hydrogens is 293 g/mol. The highest BCUT2D eigenvalue weighted by Crippen LogP contribution is 2.14. The standard InChI is InChI=1S/C19H22FNO2/c1-3-21(14-16-6-5-7-17(20)12-16)19(22)13-15-8-10-18(11-9-15)23-4-2/h5-12H,3-4,13-14H2,1-2H3. The molecule has 0 fully saturated rings. The van der Waals surface area contributed by atoms with Crippen LogP contribution in [0.25, 0.3) is 0 Å². The molecule has 0 atom stereocenters. The Kier molecular flexibility index (Phi) is 6.15. The molecule has 0 aliphatic heterocycles. The Hall–Kier alpha value is -2.36. The molecule has 2 aromatic carbocycles. The number of likely N-dealkylation sites (N-methyl/N-ethyl adjacent to an activating group) is 1. The van der Waals surface area contributed by atoms with Crippen LogP contribution in [0, 0.1) is 5.82 Å². The number of rotatable bonds is 7. The zero-order valence-corrected chi connectivity index (χ0v) is 13.6. The molecule has 0 bridgehead atoms. The van der Waals surface area contributed by atoms with E-state index in [0.29, 0.717) is 26.1 Å².